The summed E-state index contributed by atoms with van der Waals surface area (Å²) >= 11 is 0. The number of ether oxygens (including phenoxy) is 1. The number of hydrogen-bond acceptors (Lipinski definition) is 6. The number of rotatable bonds is 10. The maximum absolute atomic E-state index is 14.3. The van der Waals surface area contributed by atoms with Gasteiger partial charge in [0.15, 0.2) is 0 Å². The van der Waals surface area contributed by atoms with Gasteiger partial charge in [0.25, 0.3) is 5.09 Å². The summed E-state index contributed by atoms with van der Waals surface area (Å²) in [5, 5.41) is 21.0. The number of fused-ring (bicyclic) bond motifs is 2. The van der Waals surface area contributed by atoms with Crippen molar-refractivity contribution in [3.8, 4) is 11.5 Å². The molecule has 2 heterocycles. The van der Waals surface area contributed by atoms with Crippen molar-refractivity contribution >= 4 is 27.8 Å². The van der Waals surface area contributed by atoms with Crippen molar-refractivity contribution < 1.29 is 29.0 Å². The zero-order valence-electron chi connectivity index (χ0n) is 22.6. The highest BCUT2D eigenvalue weighted by atomic mass is 19.1. The predicted molar refractivity (Wildman–Crippen MR) is 157 cm³/mol. The van der Waals surface area contributed by atoms with Gasteiger partial charge in [0, 0.05) is 35.1 Å². The van der Waals surface area contributed by atoms with E-state index in [1.165, 1.54) is 12.1 Å². The number of carbonyl (C=O) groups is 1. The second-order valence-corrected chi connectivity index (χ2v) is 10.0. The molecule has 0 aliphatic rings. The molecule has 0 radical (unpaired) electrons. The van der Waals surface area contributed by atoms with Crippen molar-refractivity contribution in [2.45, 2.75) is 19.6 Å². The van der Waals surface area contributed by atoms with Crippen LogP contribution in [0.1, 0.15) is 32.7 Å². The third-order valence-electron chi connectivity index (χ3n) is 7.04. The van der Waals surface area contributed by atoms with E-state index in [0.717, 1.165) is 44.7 Å². The summed E-state index contributed by atoms with van der Waals surface area (Å²) in [4.78, 5) is 31.3. The Kier molecular flexibility index (Phi) is 7.40. The average Bonchev–Trinajstić information content (AvgIpc) is 3.31. The van der Waals surface area contributed by atoms with Gasteiger partial charge in [-0.3, -0.25) is 4.84 Å². The summed E-state index contributed by atoms with van der Waals surface area (Å²) < 4.78 is 22.3. The van der Waals surface area contributed by atoms with Crippen molar-refractivity contribution in [1.82, 2.24) is 9.55 Å². The topological polar surface area (TPSA) is 117 Å². The largest absolute Gasteiger partial charge is 0.487 e. The summed E-state index contributed by atoms with van der Waals surface area (Å²) in [6, 6.07) is 27.8. The van der Waals surface area contributed by atoms with Gasteiger partial charge in [-0.2, -0.15) is 0 Å². The van der Waals surface area contributed by atoms with Crippen LogP contribution in [0.2, 0.25) is 0 Å². The molecule has 4 aromatic carbocycles. The Morgan fingerprint density at radius 2 is 1.74 bits per heavy atom. The van der Waals surface area contributed by atoms with E-state index in [2.05, 4.69) is 9.82 Å². The molecule has 0 unspecified atom stereocenters. The van der Waals surface area contributed by atoms with Crippen LogP contribution in [0.15, 0.2) is 103 Å². The van der Waals surface area contributed by atoms with Gasteiger partial charge in [0.1, 0.15) is 23.9 Å². The first-order chi connectivity index (χ1) is 20.8. The lowest BCUT2D eigenvalue weighted by Gasteiger charge is -2.10. The second-order valence-electron chi connectivity index (χ2n) is 10.0. The van der Waals surface area contributed by atoms with E-state index in [1.54, 1.807) is 24.3 Å². The first kappa shape index (κ1) is 27.4. The molecule has 0 saturated heterocycles. The number of pyridine rings is 1. The van der Waals surface area contributed by atoms with Crippen LogP contribution in [0, 0.1) is 15.9 Å². The van der Waals surface area contributed by atoms with E-state index in [9.17, 15) is 24.4 Å². The van der Waals surface area contributed by atoms with Gasteiger partial charge in [-0.1, -0.05) is 36.4 Å². The zero-order valence-corrected chi connectivity index (χ0v) is 22.6. The van der Waals surface area contributed by atoms with Crippen LogP contribution in [-0.4, -0.2) is 25.7 Å². The summed E-state index contributed by atoms with van der Waals surface area (Å²) in [6.07, 6.45) is 2.43. The van der Waals surface area contributed by atoms with E-state index >= 15 is 0 Å². The number of nitrogens with zero attached hydrogens (tertiary/aromatic N) is 3. The molecule has 0 atom stereocenters. The fraction of sp³-hybridized carbons (Fsp3) is 0.0909. The monoisotopic (exact) mass is 577 g/mol. The second kappa shape index (κ2) is 11.6. The van der Waals surface area contributed by atoms with Gasteiger partial charge in [0.2, 0.25) is 0 Å². The molecule has 0 amide bonds. The molecule has 43 heavy (non-hydrogen) atoms. The van der Waals surface area contributed by atoms with Crippen LogP contribution >= 0.6 is 0 Å². The van der Waals surface area contributed by atoms with Crippen LogP contribution in [0.3, 0.4) is 0 Å². The molecule has 6 aromatic rings. The van der Waals surface area contributed by atoms with E-state index < -0.39 is 16.9 Å². The Balaban J connectivity index is 1.32. The standard InChI is InChI=1S/C33H24FN3O6/c34-26-14-22(15-29(16-26)43-37(40)41)18-36-19-25(13-21-5-7-24(8-6-21)33(38)39)30-17-28(11-12-32(30)36)42-20-27-10-9-23-3-1-2-4-31(23)35-27/h1-12,14-17,19H,13,18,20H2,(H,38,39). The molecule has 2 aromatic heterocycles. The van der Waals surface area contributed by atoms with Crippen molar-refractivity contribution in [3.05, 3.63) is 147 Å². The molecule has 9 nitrogen and oxygen atoms in total. The van der Waals surface area contributed by atoms with Crippen LogP contribution in [-0.2, 0) is 19.6 Å². The Morgan fingerprint density at radius 1 is 0.930 bits per heavy atom. The number of halogens is 1. The van der Waals surface area contributed by atoms with Gasteiger partial charge in [0.05, 0.1) is 16.8 Å². The number of para-hydroxylation sites is 1. The number of hydrogen-bond donors (Lipinski definition) is 1. The van der Waals surface area contributed by atoms with Gasteiger partial charge < -0.3 is 14.4 Å². The van der Waals surface area contributed by atoms with Gasteiger partial charge in [-0.05, 0) is 77.7 Å². The molecule has 0 saturated carbocycles. The summed E-state index contributed by atoms with van der Waals surface area (Å²) in [7, 11) is 0. The van der Waals surface area contributed by atoms with E-state index in [4.69, 9.17) is 4.74 Å². The maximum atomic E-state index is 14.3. The van der Waals surface area contributed by atoms with Gasteiger partial charge in [-0.25, -0.2) is 14.2 Å². The highest BCUT2D eigenvalue weighted by Crippen LogP contribution is 2.30. The number of aromatic nitrogens is 2. The first-order valence-corrected chi connectivity index (χ1v) is 13.3. The summed E-state index contributed by atoms with van der Waals surface area (Å²) in [5.41, 5.74) is 5.03. The van der Waals surface area contributed by atoms with Crippen molar-refractivity contribution in [1.29, 1.82) is 0 Å². The lowest BCUT2D eigenvalue weighted by Crippen LogP contribution is -2.05. The van der Waals surface area contributed by atoms with Crippen LogP contribution < -0.4 is 9.57 Å². The molecule has 0 aliphatic carbocycles. The fourth-order valence-corrected chi connectivity index (χ4v) is 5.09. The lowest BCUT2D eigenvalue weighted by atomic mass is 10.0. The minimum absolute atomic E-state index is 0.197. The van der Waals surface area contributed by atoms with Crippen LogP contribution in [0.4, 0.5) is 4.39 Å². The number of carboxylic acid groups (broad SMARTS) is 1. The number of benzene rings is 4. The Bertz CT molecular complexity index is 1990. The zero-order chi connectivity index (χ0) is 29.9. The smallest absolute Gasteiger partial charge is 0.335 e. The molecule has 214 valence electrons. The maximum Gasteiger partial charge on any atom is 0.335 e. The molecule has 0 aliphatic heterocycles. The molecule has 1 N–H and O–H groups in total. The minimum atomic E-state index is -0.999. The molecule has 6 rings (SSSR count). The molecule has 0 bridgehead atoms. The van der Waals surface area contributed by atoms with Crippen LogP contribution in [0.25, 0.3) is 21.8 Å². The third-order valence-corrected chi connectivity index (χ3v) is 7.04. The van der Waals surface area contributed by atoms with Gasteiger partial charge >= 0.3 is 5.97 Å². The lowest BCUT2D eigenvalue weighted by molar-refractivity contribution is -0.711. The van der Waals surface area contributed by atoms with E-state index in [1.807, 2.05) is 65.4 Å². The number of carboxylic acids is 1. The van der Waals surface area contributed by atoms with Crippen LogP contribution in [0.5, 0.6) is 11.5 Å². The number of aromatic carboxylic acids is 1. The minimum Gasteiger partial charge on any atom is -0.487 e. The average molecular weight is 578 g/mol. The molecule has 10 heteroatoms. The van der Waals surface area contributed by atoms with Crippen molar-refractivity contribution in [3.63, 3.8) is 0 Å². The Hall–Kier alpha value is -5.77. The highest BCUT2D eigenvalue weighted by Gasteiger charge is 2.14. The normalized spacial score (nSPS) is 11.1. The van der Waals surface area contributed by atoms with E-state index in [0.29, 0.717) is 17.7 Å². The predicted octanol–water partition coefficient (Wildman–Crippen LogP) is 6.82. The third kappa shape index (κ3) is 6.28. The van der Waals surface area contributed by atoms with Gasteiger partial charge in [-0.15, -0.1) is 10.1 Å². The SMILES string of the molecule is O=C(O)c1ccc(Cc2cn(Cc3cc(F)cc(O[N+](=O)[O-])c3)c3ccc(OCc4ccc5ccccc5n4)cc23)cc1. The molecule has 0 spiro atoms. The Labute approximate surface area is 244 Å². The summed E-state index contributed by atoms with van der Waals surface area (Å²) in [5.74, 6) is -1.22. The van der Waals surface area contributed by atoms with Crippen molar-refractivity contribution in [2.75, 3.05) is 0 Å². The highest BCUT2D eigenvalue weighted by molar-refractivity contribution is 5.88. The molecular formula is C33H24FN3O6. The fourth-order valence-electron chi connectivity index (χ4n) is 5.09. The molecule has 0 fully saturated rings. The first-order valence-electron chi connectivity index (χ1n) is 13.3. The quantitative estimate of drug-likeness (QED) is 0.140. The summed E-state index contributed by atoms with van der Waals surface area (Å²) in [6.45, 7) is 0.493. The molecular weight excluding hydrogens is 553 g/mol. The van der Waals surface area contributed by atoms with Crippen molar-refractivity contribution in [2.24, 2.45) is 0 Å². The van der Waals surface area contributed by atoms with E-state index in [-0.39, 0.29) is 24.5 Å². The Morgan fingerprint density at radius 3 is 2.53 bits per heavy atom.